The number of benzene rings is 1. The molecule has 0 unspecified atom stereocenters. The van der Waals surface area contributed by atoms with Crippen molar-refractivity contribution in [2.24, 2.45) is 5.92 Å². The minimum Gasteiger partial charge on any atom is -0.460 e. The fourth-order valence-corrected chi connectivity index (χ4v) is 3.63. The lowest BCUT2D eigenvalue weighted by Crippen LogP contribution is -2.15. The highest BCUT2D eigenvalue weighted by Crippen LogP contribution is 2.36. The maximum absolute atomic E-state index is 12.2. The molecule has 0 atom stereocenters. The molecular weight excluding hydrogens is 402 g/mol. The number of carbonyl (C=O) groups excluding carboxylic acids is 1. The van der Waals surface area contributed by atoms with Crippen LogP contribution in [0.2, 0.25) is 5.02 Å². The molecule has 1 aliphatic rings. The number of anilines is 1. The van der Waals surface area contributed by atoms with E-state index in [0.717, 1.165) is 40.8 Å². The zero-order chi connectivity index (χ0) is 20.8. The van der Waals surface area contributed by atoms with Gasteiger partial charge in [-0.1, -0.05) is 11.6 Å². The van der Waals surface area contributed by atoms with Crippen molar-refractivity contribution in [3.8, 4) is 22.6 Å². The second kappa shape index (κ2) is 7.18. The lowest BCUT2D eigenvalue weighted by atomic mass is 10.0. The molecule has 1 amide bonds. The maximum Gasteiger partial charge on any atom is 0.230 e. The van der Waals surface area contributed by atoms with Crippen LogP contribution in [0.5, 0.6) is 0 Å². The van der Waals surface area contributed by atoms with Crippen molar-refractivity contribution in [1.82, 2.24) is 19.9 Å². The summed E-state index contributed by atoms with van der Waals surface area (Å²) in [5.74, 6) is 1.62. The topological polar surface area (TPSA) is 93.8 Å². The number of nitrogens with zero attached hydrogens (tertiary/aromatic N) is 4. The van der Waals surface area contributed by atoms with Crippen LogP contribution in [0, 0.1) is 19.8 Å². The number of aryl methyl sites for hydroxylation is 2. The molecule has 1 aliphatic carbocycles. The van der Waals surface area contributed by atoms with E-state index in [4.69, 9.17) is 16.0 Å². The molecule has 5 rings (SSSR count). The van der Waals surface area contributed by atoms with Crippen LogP contribution in [0.25, 0.3) is 33.5 Å². The van der Waals surface area contributed by atoms with Gasteiger partial charge in [-0.05, 0) is 56.5 Å². The molecule has 1 saturated carbocycles. The van der Waals surface area contributed by atoms with Gasteiger partial charge in [0.1, 0.15) is 17.8 Å². The highest BCUT2D eigenvalue weighted by molar-refractivity contribution is 6.35. The summed E-state index contributed by atoms with van der Waals surface area (Å²) < 4.78 is 5.83. The molecule has 7 nitrogen and oxygen atoms in total. The predicted molar refractivity (Wildman–Crippen MR) is 114 cm³/mol. The van der Waals surface area contributed by atoms with Crippen molar-refractivity contribution < 1.29 is 9.21 Å². The zero-order valence-corrected chi connectivity index (χ0v) is 17.2. The number of amides is 1. The average molecular weight is 420 g/mol. The third-order valence-electron chi connectivity index (χ3n) is 5.15. The summed E-state index contributed by atoms with van der Waals surface area (Å²) in [6, 6.07) is 7.52. The molecule has 0 bridgehead atoms. The Morgan fingerprint density at radius 3 is 2.73 bits per heavy atom. The standard InChI is InChI=1S/C22H18ClN5O2/c1-11-3-6-18(30-11)20-16(9-24-22(27-20)28-21(29)13-4-5-13)14-7-15-12(2)25-10-26-19(15)17(23)8-14/h3,6-10,13H,4-5H2,1-2H3,(H,24,27,28,29). The highest BCUT2D eigenvalue weighted by Gasteiger charge is 2.30. The summed E-state index contributed by atoms with van der Waals surface area (Å²) in [6.45, 7) is 3.78. The SMILES string of the molecule is Cc1ccc(-c2nc(NC(=O)C3CC3)ncc2-c2cc(Cl)c3ncnc(C)c3c2)o1. The van der Waals surface area contributed by atoms with E-state index in [1.807, 2.05) is 38.1 Å². The Bertz CT molecular complexity index is 1300. The third kappa shape index (κ3) is 3.41. The van der Waals surface area contributed by atoms with Crippen molar-refractivity contribution in [2.45, 2.75) is 26.7 Å². The number of carbonyl (C=O) groups is 1. The minimum absolute atomic E-state index is 0.0501. The first-order valence-corrected chi connectivity index (χ1v) is 10.0. The minimum atomic E-state index is -0.0501. The number of hydrogen-bond donors (Lipinski definition) is 1. The molecule has 1 aromatic carbocycles. The van der Waals surface area contributed by atoms with Crippen LogP contribution in [-0.2, 0) is 4.79 Å². The molecule has 30 heavy (non-hydrogen) atoms. The van der Waals surface area contributed by atoms with Gasteiger partial charge in [0.15, 0.2) is 5.76 Å². The highest BCUT2D eigenvalue weighted by atomic mass is 35.5. The lowest BCUT2D eigenvalue weighted by Gasteiger charge is -2.12. The van der Waals surface area contributed by atoms with E-state index in [1.165, 1.54) is 6.33 Å². The first kappa shape index (κ1) is 18.7. The van der Waals surface area contributed by atoms with E-state index in [9.17, 15) is 4.79 Å². The molecule has 0 radical (unpaired) electrons. The molecule has 1 N–H and O–H groups in total. The summed E-state index contributed by atoms with van der Waals surface area (Å²) in [5, 5.41) is 4.17. The number of nitrogens with one attached hydrogen (secondary N) is 1. The molecule has 0 spiro atoms. The van der Waals surface area contributed by atoms with Gasteiger partial charge in [-0.2, -0.15) is 0 Å². The fourth-order valence-electron chi connectivity index (χ4n) is 3.37. The largest absolute Gasteiger partial charge is 0.460 e. The van der Waals surface area contributed by atoms with Crippen LogP contribution in [0.4, 0.5) is 5.95 Å². The zero-order valence-electron chi connectivity index (χ0n) is 16.4. The van der Waals surface area contributed by atoms with E-state index >= 15 is 0 Å². The molecule has 3 heterocycles. The van der Waals surface area contributed by atoms with Gasteiger partial charge in [0.05, 0.1) is 10.5 Å². The van der Waals surface area contributed by atoms with Crippen LogP contribution in [0.3, 0.4) is 0 Å². The van der Waals surface area contributed by atoms with Crippen molar-refractivity contribution in [1.29, 1.82) is 0 Å². The molecule has 4 aromatic rings. The Balaban J connectivity index is 1.66. The second-order valence-corrected chi connectivity index (χ2v) is 7.85. The van der Waals surface area contributed by atoms with Crippen LogP contribution < -0.4 is 5.32 Å². The number of fused-ring (bicyclic) bond motifs is 1. The van der Waals surface area contributed by atoms with E-state index in [2.05, 4.69) is 25.3 Å². The molecular formula is C22H18ClN5O2. The maximum atomic E-state index is 12.2. The number of furan rings is 1. The number of aromatic nitrogens is 4. The van der Waals surface area contributed by atoms with Crippen molar-refractivity contribution >= 4 is 34.4 Å². The van der Waals surface area contributed by atoms with E-state index in [0.29, 0.717) is 22.0 Å². The molecule has 8 heteroatoms. The summed E-state index contributed by atoms with van der Waals surface area (Å²) in [5.41, 5.74) is 3.65. The van der Waals surface area contributed by atoms with Crippen molar-refractivity contribution in [3.63, 3.8) is 0 Å². The Labute approximate surface area is 177 Å². The normalized spacial score (nSPS) is 13.6. The summed E-state index contributed by atoms with van der Waals surface area (Å²) in [4.78, 5) is 29.7. The van der Waals surface area contributed by atoms with E-state index in [1.54, 1.807) is 6.20 Å². The first-order chi connectivity index (χ1) is 14.5. The molecule has 0 aliphatic heterocycles. The van der Waals surface area contributed by atoms with Gasteiger partial charge < -0.3 is 4.42 Å². The number of rotatable bonds is 4. The average Bonchev–Trinajstić information content (AvgIpc) is 3.50. The van der Waals surface area contributed by atoms with Crippen LogP contribution >= 0.6 is 11.6 Å². The van der Waals surface area contributed by atoms with Crippen LogP contribution in [-0.4, -0.2) is 25.8 Å². The van der Waals surface area contributed by atoms with Gasteiger partial charge in [0, 0.05) is 28.8 Å². The Hall–Kier alpha value is -3.32. The van der Waals surface area contributed by atoms with Crippen LogP contribution in [0.1, 0.15) is 24.3 Å². The van der Waals surface area contributed by atoms with Crippen molar-refractivity contribution in [2.75, 3.05) is 5.32 Å². The van der Waals surface area contributed by atoms with E-state index in [-0.39, 0.29) is 17.8 Å². The van der Waals surface area contributed by atoms with Gasteiger partial charge in [-0.3, -0.25) is 10.1 Å². The molecule has 1 fully saturated rings. The smallest absolute Gasteiger partial charge is 0.230 e. The van der Waals surface area contributed by atoms with Gasteiger partial charge in [0.25, 0.3) is 0 Å². The first-order valence-electron chi connectivity index (χ1n) is 9.65. The predicted octanol–water partition coefficient (Wildman–Crippen LogP) is 4.97. The molecule has 3 aromatic heterocycles. The van der Waals surface area contributed by atoms with E-state index < -0.39 is 0 Å². The monoisotopic (exact) mass is 419 g/mol. The van der Waals surface area contributed by atoms with Crippen molar-refractivity contribution in [3.05, 3.63) is 53.3 Å². The summed E-state index contributed by atoms with van der Waals surface area (Å²) in [7, 11) is 0. The van der Waals surface area contributed by atoms with Crippen LogP contribution in [0.15, 0.2) is 41.2 Å². The Morgan fingerprint density at radius 2 is 2.00 bits per heavy atom. The number of halogens is 1. The molecule has 150 valence electrons. The fraction of sp³-hybridized carbons (Fsp3) is 0.227. The number of hydrogen-bond acceptors (Lipinski definition) is 6. The lowest BCUT2D eigenvalue weighted by molar-refractivity contribution is -0.117. The Kier molecular flexibility index (Phi) is 4.47. The summed E-state index contributed by atoms with van der Waals surface area (Å²) >= 11 is 6.52. The molecule has 0 saturated heterocycles. The van der Waals surface area contributed by atoms with Gasteiger partial charge >= 0.3 is 0 Å². The van der Waals surface area contributed by atoms with Gasteiger partial charge in [-0.25, -0.2) is 19.9 Å². The quantitative estimate of drug-likeness (QED) is 0.502. The van der Waals surface area contributed by atoms with Gasteiger partial charge in [0.2, 0.25) is 11.9 Å². The summed E-state index contributed by atoms with van der Waals surface area (Å²) in [6.07, 6.45) is 5.00. The third-order valence-corrected chi connectivity index (χ3v) is 5.44. The second-order valence-electron chi connectivity index (χ2n) is 7.44. The Morgan fingerprint density at radius 1 is 1.17 bits per heavy atom. The van der Waals surface area contributed by atoms with Gasteiger partial charge in [-0.15, -0.1) is 0 Å².